The van der Waals surface area contributed by atoms with Crippen molar-refractivity contribution in [3.63, 3.8) is 0 Å². The van der Waals surface area contributed by atoms with Gasteiger partial charge in [0.05, 0.1) is 0 Å². The first kappa shape index (κ1) is 14.4. The second-order valence-electron chi connectivity index (χ2n) is 4.72. The van der Waals surface area contributed by atoms with Crippen molar-refractivity contribution in [3.8, 4) is 0 Å². The SMILES string of the molecule is Cc1ccc(C(N)C(C)Sc2cccc(Cl)c2)cc1. The molecule has 0 aromatic heterocycles. The summed E-state index contributed by atoms with van der Waals surface area (Å²) in [5, 5.41) is 1.06. The Bertz CT molecular complexity index is 539. The molecule has 2 unspecified atom stereocenters. The Kier molecular flexibility index (Phi) is 4.92. The van der Waals surface area contributed by atoms with E-state index in [1.165, 1.54) is 11.1 Å². The zero-order valence-corrected chi connectivity index (χ0v) is 12.7. The molecule has 1 nitrogen and oxygen atoms in total. The number of halogens is 1. The predicted octanol–water partition coefficient (Wildman–Crippen LogP) is 4.83. The van der Waals surface area contributed by atoms with Crippen LogP contribution in [0.3, 0.4) is 0 Å². The van der Waals surface area contributed by atoms with Gasteiger partial charge in [0.15, 0.2) is 0 Å². The van der Waals surface area contributed by atoms with Gasteiger partial charge >= 0.3 is 0 Å². The van der Waals surface area contributed by atoms with E-state index in [1.807, 2.05) is 18.2 Å². The van der Waals surface area contributed by atoms with Crippen molar-refractivity contribution in [2.75, 3.05) is 0 Å². The molecule has 0 aliphatic heterocycles. The van der Waals surface area contributed by atoms with E-state index in [2.05, 4.69) is 44.2 Å². The number of thioether (sulfide) groups is 1. The van der Waals surface area contributed by atoms with E-state index < -0.39 is 0 Å². The summed E-state index contributed by atoms with van der Waals surface area (Å²) in [5.74, 6) is 0. The molecule has 2 aromatic carbocycles. The van der Waals surface area contributed by atoms with E-state index in [1.54, 1.807) is 11.8 Å². The van der Waals surface area contributed by atoms with E-state index in [9.17, 15) is 0 Å². The highest BCUT2D eigenvalue weighted by molar-refractivity contribution is 8.00. The fourth-order valence-corrected chi connectivity index (χ4v) is 3.23. The molecule has 100 valence electrons. The van der Waals surface area contributed by atoms with Gasteiger partial charge in [-0.05, 0) is 30.7 Å². The summed E-state index contributed by atoms with van der Waals surface area (Å²) in [6.07, 6.45) is 0. The highest BCUT2D eigenvalue weighted by Gasteiger charge is 2.16. The van der Waals surface area contributed by atoms with Gasteiger partial charge in [-0.3, -0.25) is 0 Å². The maximum absolute atomic E-state index is 6.32. The van der Waals surface area contributed by atoms with Gasteiger partial charge in [0.25, 0.3) is 0 Å². The molecule has 19 heavy (non-hydrogen) atoms. The summed E-state index contributed by atoms with van der Waals surface area (Å²) >= 11 is 7.75. The van der Waals surface area contributed by atoms with Crippen LogP contribution in [0.4, 0.5) is 0 Å². The molecule has 2 atom stereocenters. The summed E-state index contributed by atoms with van der Waals surface area (Å²) in [7, 11) is 0. The Hall–Kier alpha value is -0.960. The monoisotopic (exact) mass is 291 g/mol. The van der Waals surface area contributed by atoms with Gasteiger partial charge in [-0.2, -0.15) is 0 Å². The molecule has 0 saturated carbocycles. The van der Waals surface area contributed by atoms with E-state index in [0.717, 1.165) is 9.92 Å². The first-order valence-corrected chi connectivity index (χ1v) is 7.56. The predicted molar refractivity (Wildman–Crippen MR) is 84.9 cm³/mol. The van der Waals surface area contributed by atoms with Crippen molar-refractivity contribution >= 4 is 23.4 Å². The number of aryl methyl sites for hydroxylation is 1. The zero-order chi connectivity index (χ0) is 13.8. The smallest absolute Gasteiger partial charge is 0.0417 e. The molecule has 0 spiro atoms. The third-order valence-electron chi connectivity index (χ3n) is 3.09. The van der Waals surface area contributed by atoms with Gasteiger partial charge < -0.3 is 5.73 Å². The first-order valence-electron chi connectivity index (χ1n) is 6.30. The molecule has 0 radical (unpaired) electrons. The van der Waals surface area contributed by atoms with Crippen LogP contribution in [0.2, 0.25) is 5.02 Å². The number of nitrogens with two attached hydrogens (primary N) is 1. The highest BCUT2D eigenvalue weighted by Crippen LogP contribution is 2.31. The number of benzene rings is 2. The molecule has 0 fully saturated rings. The normalized spacial score (nSPS) is 14.1. The Balaban J connectivity index is 2.07. The second-order valence-corrected chi connectivity index (χ2v) is 6.60. The van der Waals surface area contributed by atoms with Crippen LogP contribution < -0.4 is 5.73 Å². The van der Waals surface area contributed by atoms with Crippen molar-refractivity contribution in [2.45, 2.75) is 30.0 Å². The standard InChI is InChI=1S/C16H18ClNS/c1-11-6-8-13(9-7-11)16(18)12(2)19-15-5-3-4-14(17)10-15/h3-10,12,16H,18H2,1-2H3. The van der Waals surface area contributed by atoms with Crippen LogP contribution in [0.25, 0.3) is 0 Å². The number of rotatable bonds is 4. The first-order chi connectivity index (χ1) is 9.06. The lowest BCUT2D eigenvalue weighted by Crippen LogP contribution is -2.20. The van der Waals surface area contributed by atoms with Gasteiger partial charge in [-0.25, -0.2) is 0 Å². The molecular weight excluding hydrogens is 274 g/mol. The largest absolute Gasteiger partial charge is 0.323 e. The molecule has 0 aliphatic rings. The number of hydrogen-bond donors (Lipinski definition) is 1. The van der Waals surface area contributed by atoms with Crippen LogP contribution in [0.1, 0.15) is 24.1 Å². The topological polar surface area (TPSA) is 26.0 Å². The molecule has 0 amide bonds. The van der Waals surface area contributed by atoms with E-state index in [4.69, 9.17) is 17.3 Å². The van der Waals surface area contributed by atoms with E-state index in [-0.39, 0.29) is 6.04 Å². The summed E-state index contributed by atoms with van der Waals surface area (Å²) in [6.45, 7) is 4.23. The van der Waals surface area contributed by atoms with Gasteiger partial charge in [-0.15, -0.1) is 11.8 Å². The molecular formula is C16H18ClNS. The lowest BCUT2D eigenvalue weighted by molar-refractivity contribution is 0.715. The summed E-state index contributed by atoms with van der Waals surface area (Å²) in [6, 6.07) is 16.3. The molecule has 0 heterocycles. The fraction of sp³-hybridized carbons (Fsp3) is 0.250. The Morgan fingerprint density at radius 1 is 1.11 bits per heavy atom. The minimum absolute atomic E-state index is 0.0181. The lowest BCUT2D eigenvalue weighted by Gasteiger charge is -2.20. The molecule has 3 heteroatoms. The van der Waals surface area contributed by atoms with Crippen LogP contribution >= 0.6 is 23.4 Å². The number of hydrogen-bond acceptors (Lipinski definition) is 2. The minimum Gasteiger partial charge on any atom is -0.323 e. The summed E-state index contributed by atoms with van der Waals surface area (Å²) < 4.78 is 0. The van der Waals surface area contributed by atoms with E-state index in [0.29, 0.717) is 5.25 Å². The molecule has 0 saturated heterocycles. The van der Waals surface area contributed by atoms with Crippen LogP contribution in [0, 0.1) is 6.92 Å². The van der Waals surface area contributed by atoms with Crippen LogP contribution in [0.15, 0.2) is 53.4 Å². The summed E-state index contributed by atoms with van der Waals surface area (Å²) in [5.41, 5.74) is 8.75. The van der Waals surface area contributed by atoms with Gasteiger partial charge in [0.1, 0.15) is 0 Å². The molecule has 0 bridgehead atoms. The van der Waals surface area contributed by atoms with Crippen molar-refractivity contribution in [1.29, 1.82) is 0 Å². The average Bonchev–Trinajstić information content (AvgIpc) is 2.39. The van der Waals surface area contributed by atoms with Gasteiger partial charge in [0.2, 0.25) is 0 Å². The summed E-state index contributed by atoms with van der Waals surface area (Å²) in [4.78, 5) is 1.16. The molecule has 2 rings (SSSR count). The average molecular weight is 292 g/mol. The van der Waals surface area contributed by atoms with Crippen LogP contribution in [-0.2, 0) is 0 Å². The van der Waals surface area contributed by atoms with Gasteiger partial charge in [0, 0.05) is 21.2 Å². The maximum atomic E-state index is 6.32. The lowest BCUT2D eigenvalue weighted by atomic mass is 10.0. The Morgan fingerprint density at radius 3 is 2.42 bits per heavy atom. The highest BCUT2D eigenvalue weighted by atomic mass is 35.5. The zero-order valence-electron chi connectivity index (χ0n) is 11.1. The minimum atomic E-state index is 0.0181. The second kappa shape index (κ2) is 6.47. The van der Waals surface area contributed by atoms with Crippen molar-refractivity contribution < 1.29 is 0 Å². The van der Waals surface area contributed by atoms with Crippen molar-refractivity contribution in [3.05, 3.63) is 64.7 Å². The van der Waals surface area contributed by atoms with Crippen molar-refractivity contribution in [2.24, 2.45) is 5.73 Å². The van der Waals surface area contributed by atoms with E-state index >= 15 is 0 Å². The molecule has 2 aromatic rings. The Labute approximate surface area is 124 Å². The third kappa shape index (κ3) is 4.00. The maximum Gasteiger partial charge on any atom is 0.0417 e. The molecule has 0 aliphatic carbocycles. The van der Waals surface area contributed by atoms with Gasteiger partial charge in [-0.1, -0.05) is 54.4 Å². The molecule has 2 N–H and O–H groups in total. The van der Waals surface area contributed by atoms with Crippen LogP contribution in [0.5, 0.6) is 0 Å². The van der Waals surface area contributed by atoms with Crippen molar-refractivity contribution in [1.82, 2.24) is 0 Å². The Morgan fingerprint density at radius 2 is 1.79 bits per heavy atom. The quantitative estimate of drug-likeness (QED) is 0.817. The fourth-order valence-electron chi connectivity index (χ4n) is 1.89. The van der Waals surface area contributed by atoms with Crippen LogP contribution in [-0.4, -0.2) is 5.25 Å². The third-order valence-corrected chi connectivity index (χ3v) is 4.51.